The van der Waals surface area contributed by atoms with Crippen LogP contribution in [-0.2, 0) is 9.47 Å². The summed E-state index contributed by atoms with van der Waals surface area (Å²) in [6.45, 7) is 9.53. The van der Waals surface area contributed by atoms with Crippen LogP contribution >= 0.6 is 0 Å². The largest absolute Gasteiger partial charge is 0.366 e. The van der Waals surface area contributed by atoms with Gasteiger partial charge in [-0.2, -0.15) is 0 Å². The van der Waals surface area contributed by atoms with Crippen LogP contribution in [0.4, 0.5) is 0 Å². The number of ether oxygens (including phenoxy) is 2. The highest BCUT2D eigenvalue weighted by Gasteiger charge is 2.60. The molecule has 0 bridgehead atoms. The first-order valence-corrected chi connectivity index (χ1v) is 10.8. The molecular weight excluding hydrogens is 296 g/mol. The first-order valence-electron chi connectivity index (χ1n) is 10.8. The third kappa shape index (κ3) is 3.07. The first kappa shape index (κ1) is 17.3. The number of rotatable bonds is 7. The van der Waals surface area contributed by atoms with E-state index in [1.165, 1.54) is 64.2 Å². The third-order valence-electron chi connectivity index (χ3n) is 8.09. The van der Waals surface area contributed by atoms with Crippen LogP contribution in [0.1, 0.15) is 91.9 Å². The third-order valence-corrected chi connectivity index (χ3v) is 8.09. The molecule has 0 N–H and O–H groups in total. The van der Waals surface area contributed by atoms with Crippen molar-refractivity contribution in [2.45, 2.75) is 115 Å². The molecule has 0 amide bonds. The molecule has 2 saturated heterocycles. The van der Waals surface area contributed by atoms with E-state index in [2.05, 4.69) is 27.7 Å². The molecule has 0 aromatic heterocycles. The second kappa shape index (κ2) is 6.27. The van der Waals surface area contributed by atoms with Gasteiger partial charge in [0.2, 0.25) is 0 Å². The summed E-state index contributed by atoms with van der Waals surface area (Å²) in [7, 11) is 0. The Kier molecular flexibility index (Phi) is 4.53. The predicted octanol–water partition coefficient (Wildman–Crippen LogP) is 5.73. The van der Waals surface area contributed by atoms with Crippen LogP contribution in [0.25, 0.3) is 0 Å². The first-order chi connectivity index (χ1) is 11.5. The summed E-state index contributed by atoms with van der Waals surface area (Å²) in [6.07, 6.45) is 14.8. The van der Waals surface area contributed by atoms with E-state index in [0.29, 0.717) is 12.2 Å². The number of epoxide rings is 2. The Hall–Kier alpha value is -0.0800. The second-order valence-corrected chi connectivity index (χ2v) is 9.81. The second-order valence-electron chi connectivity index (χ2n) is 9.81. The van der Waals surface area contributed by atoms with Gasteiger partial charge in [0.15, 0.2) is 0 Å². The maximum atomic E-state index is 6.05. The SMILES string of the molecule is CCCCC(CC)C(C1CCC2OC2(C)C1)C1CCC2OC2(C)C1. The summed E-state index contributed by atoms with van der Waals surface area (Å²) < 4.78 is 12.1. The van der Waals surface area contributed by atoms with Gasteiger partial charge in [-0.25, -0.2) is 0 Å². The summed E-state index contributed by atoms with van der Waals surface area (Å²) in [4.78, 5) is 0. The van der Waals surface area contributed by atoms with E-state index in [1.807, 2.05) is 0 Å². The fourth-order valence-corrected chi connectivity index (χ4v) is 6.59. The van der Waals surface area contributed by atoms with Gasteiger partial charge >= 0.3 is 0 Å². The van der Waals surface area contributed by atoms with Crippen LogP contribution in [-0.4, -0.2) is 23.4 Å². The quantitative estimate of drug-likeness (QED) is 0.555. The smallest absolute Gasteiger partial charge is 0.0923 e. The van der Waals surface area contributed by atoms with Crippen molar-refractivity contribution in [2.75, 3.05) is 0 Å². The van der Waals surface area contributed by atoms with Crippen LogP contribution in [0.15, 0.2) is 0 Å². The molecule has 2 aliphatic carbocycles. The lowest BCUT2D eigenvalue weighted by molar-refractivity contribution is 0.0681. The fraction of sp³-hybridized carbons (Fsp3) is 1.00. The van der Waals surface area contributed by atoms with E-state index in [-0.39, 0.29) is 11.2 Å². The Morgan fingerprint density at radius 2 is 1.42 bits per heavy atom. The van der Waals surface area contributed by atoms with Crippen LogP contribution in [0.3, 0.4) is 0 Å². The van der Waals surface area contributed by atoms with E-state index in [9.17, 15) is 0 Å². The maximum Gasteiger partial charge on any atom is 0.0923 e. The zero-order valence-corrected chi connectivity index (χ0v) is 16.4. The van der Waals surface area contributed by atoms with Gasteiger partial charge in [0.05, 0.1) is 23.4 Å². The van der Waals surface area contributed by atoms with Gasteiger partial charge in [-0.3, -0.25) is 0 Å². The average Bonchev–Trinajstić information content (AvgIpc) is 3.42. The van der Waals surface area contributed by atoms with Gasteiger partial charge in [0.25, 0.3) is 0 Å². The van der Waals surface area contributed by atoms with Gasteiger partial charge in [-0.05, 0) is 76.0 Å². The molecule has 4 aliphatic rings. The lowest BCUT2D eigenvalue weighted by Crippen LogP contribution is -2.39. The summed E-state index contributed by atoms with van der Waals surface area (Å²) in [5.41, 5.74) is 0.475. The number of unbranched alkanes of at least 4 members (excludes halogenated alkanes) is 1. The molecule has 2 nitrogen and oxygen atoms in total. The summed E-state index contributed by atoms with van der Waals surface area (Å²) in [5, 5.41) is 0. The van der Waals surface area contributed by atoms with Crippen molar-refractivity contribution in [1.29, 1.82) is 0 Å². The van der Waals surface area contributed by atoms with Crippen LogP contribution in [0, 0.1) is 23.7 Å². The highest BCUT2D eigenvalue weighted by Crippen LogP contribution is 2.58. The minimum Gasteiger partial charge on any atom is -0.366 e. The van der Waals surface area contributed by atoms with Crippen molar-refractivity contribution < 1.29 is 9.47 Å². The highest BCUT2D eigenvalue weighted by atomic mass is 16.6. The molecule has 2 heterocycles. The number of hydrogen-bond acceptors (Lipinski definition) is 2. The fourth-order valence-electron chi connectivity index (χ4n) is 6.59. The topological polar surface area (TPSA) is 25.1 Å². The van der Waals surface area contributed by atoms with Crippen molar-refractivity contribution in [1.82, 2.24) is 0 Å². The Bertz CT molecular complexity index is 429. The van der Waals surface area contributed by atoms with Gasteiger partial charge in [-0.1, -0.05) is 39.5 Å². The molecule has 138 valence electrons. The van der Waals surface area contributed by atoms with Crippen molar-refractivity contribution in [3.63, 3.8) is 0 Å². The lowest BCUT2D eigenvalue weighted by atomic mass is 9.61. The van der Waals surface area contributed by atoms with Crippen LogP contribution in [0.5, 0.6) is 0 Å². The van der Waals surface area contributed by atoms with Crippen molar-refractivity contribution in [3.05, 3.63) is 0 Å². The summed E-state index contributed by atoms with van der Waals surface area (Å²) in [5.74, 6) is 3.60. The molecule has 2 saturated carbocycles. The maximum absolute atomic E-state index is 6.05. The Balaban J connectivity index is 1.51. The zero-order valence-electron chi connectivity index (χ0n) is 16.4. The average molecular weight is 335 g/mol. The predicted molar refractivity (Wildman–Crippen MR) is 98.0 cm³/mol. The van der Waals surface area contributed by atoms with E-state index < -0.39 is 0 Å². The van der Waals surface area contributed by atoms with E-state index in [4.69, 9.17) is 9.47 Å². The minimum atomic E-state index is 0.237. The standard InChI is InChI=1S/C22H38O2/c1-5-7-8-15(6-2)20(16-9-11-18-21(3,13-16)23-18)17-10-12-19-22(4,14-17)24-19/h15-20H,5-14H2,1-4H3. The van der Waals surface area contributed by atoms with Gasteiger partial charge in [0.1, 0.15) is 0 Å². The monoisotopic (exact) mass is 334 g/mol. The van der Waals surface area contributed by atoms with Crippen molar-refractivity contribution in [3.8, 4) is 0 Å². The molecule has 0 aromatic carbocycles. The molecule has 0 radical (unpaired) electrons. The van der Waals surface area contributed by atoms with Crippen molar-refractivity contribution in [2.24, 2.45) is 23.7 Å². The Labute approximate surface area is 149 Å². The zero-order chi connectivity index (χ0) is 16.9. The van der Waals surface area contributed by atoms with Crippen LogP contribution < -0.4 is 0 Å². The number of hydrogen-bond donors (Lipinski definition) is 0. The minimum absolute atomic E-state index is 0.237. The normalized spacial score (nSPS) is 49.0. The molecule has 4 rings (SSSR count). The highest BCUT2D eigenvalue weighted by molar-refractivity contribution is 5.09. The molecule has 24 heavy (non-hydrogen) atoms. The van der Waals surface area contributed by atoms with Gasteiger partial charge < -0.3 is 9.47 Å². The molecule has 4 fully saturated rings. The van der Waals surface area contributed by atoms with Gasteiger partial charge in [-0.15, -0.1) is 0 Å². The molecule has 0 spiro atoms. The molecular formula is C22H38O2. The molecule has 7 atom stereocenters. The molecule has 0 aromatic rings. The van der Waals surface area contributed by atoms with E-state index in [1.54, 1.807) is 0 Å². The van der Waals surface area contributed by atoms with Crippen LogP contribution in [0.2, 0.25) is 0 Å². The lowest BCUT2D eigenvalue weighted by Gasteiger charge is -2.43. The summed E-state index contributed by atoms with van der Waals surface area (Å²) >= 11 is 0. The molecule has 2 heteroatoms. The summed E-state index contributed by atoms with van der Waals surface area (Å²) in [6, 6.07) is 0. The Morgan fingerprint density at radius 1 is 0.875 bits per heavy atom. The van der Waals surface area contributed by atoms with E-state index >= 15 is 0 Å². The van der Waals surface area contributed by atoms with E-state index in [0.717, 1.165) is 23.7 Å². The Morgan fingerprint density at radius 3 is 1.83 bits per heavy atom. The number of fused-ring (bicyclic) bond motifs is 2. The van der Waals surface area contributed by atoms with Gasteiger partial charge in [0, 0.05) is 0 Å². The molecule has 2 aliphatic heterocycles. The molecule has 7 unspecified atom stereocenters. The van der Waals surface area contributed by atoms with Crippen molar-refractivity contribution >= 4 is 0 Å².